The number of rotatable bonds is 5. The van der Waals surface area contributed by atoms with Crippen molar-refractivity contribution in [3.8, 4) is 11.3 Å². The summed E-state index contributed by atoms with van der Waals surface area (Å²) in [5.74, 6) is -0.311. The van der Waals surface area contributed by atoms with Gasteiger partial charge in [0.15, 0.2) is 0 Å². The molecule has 1 aliphatic carbocycles. The van der Waals surface area contributed by atoms with Crippen molar-refractivity contribution in [2.45, 2.75) is 31.2 Å². The van der Waals surface area contributed by atoms with E-state index in [0.717, 1.165) is 18.4 Å². The molecule has 1 amide bonds. The average Bonchev–Trinajstić information content (AvgIpc) is 3.11. The molecule has 3 rings (SSSR count). The summed E-state index contributed by atoms with van der Waals surface area (Å²) in [5, 5.41) is 2.96. The molecule has 5 heteroatoms. The molecule has 1 aromatic carbocycles. The van der Waals surface area contributed by atoms with Crippen LogP contribution in [0.1, 0.15) is 36.0 Å². The number of hydrogen-bond acceptors (Lipinski definition) is 3. The van der Waals surface area contributed by atoms with Crippen molar-refractivity contribution in [1.29, 1.82) is 0 Å². The average molecular weight is 339 g/mol. The lowest BCUT2D eigenvalue weighted by Crippen LogP contribution is -2.51. The summed E-state index contributed by atoms with van der Waals surface area (Å²) in [5.41, 5.74) is 1.44. The molecule has 0 bridgehead atoms. The third-order valence-corrected chi connectivity index (χ3v) is 5.30. The highest BCUT2D eigenvalue weighted by Gasteiger charge is 2.36. The highest BCUT2D eigenvalue weighted by molar-refractivity contribution is 5.94. The number of aromatic amines is 1. The number of amides is 1. The van der Waals surface area contributed by atoms with Gasteiger partial charge in [-0.2, -0.15) is 0 Å². The van der Waals surface area contributed by atoms with Gasteiger partial charge in [-0.05, 0) is 44.6 Å². The second-order valence-corrected chi connectivity index (χ2v) is 6.99. The van der Waals surface area contributed by atoms with Gasteiger partial charge in [-0.15, -0.1) is 0 Å². The number of H-pyrrole nitrogens is 1. The van der Waals surface area contributed by atoms with Crippen molar-refractivity contribution in [1.82, 2.24) is 15.2 Å². The Morgan fingerprint density at radius 1 is 1.12 bits per heavy atom. The van der Waals surface area contributed by atoms with Crippen LogP contribution in [0.5, 0.6) is 0 Å². The molecule has 2 aromatic rings. The Balaban J connectivity index is 1.73. The minimum Gasteiger partial charge on any atom is -0.350 e. The Bertz CT molecular complexity index is 790. The Kier molecular flexibility index (Phi) is 5.04. The highest BCUT2D eigenvalue weighted by atomic mass is 16.2. The highest BCUT2D eigenvalue weighted by Crippen LogP contribution is 2.33. The largest absolute Gasteiger partial charge is 0.350 e. The maximum Gasteiger partial charge on any atom is 0.261 e. The molecule has 1 saturated carbocycles. The molecule has 1 heterocycles. The molecule has 0 saturated heterocycles. The Morgan fingerprint density at radius 2 is 1.80 bits per heavy atom. The zero-order valence-corrected chi connectivity index (χ0v) is 14.8. The quantitative estimate of drug-likeness (QED) is 0.880. The smallest absolute Gasteiger partial charge is 0.261 e. The summed E-state index contributed by atoms with van der Waals surface area (Å²) >= 11 is 0. The van der Waals surface area contributed by atoms with Gasteiger partial charge in [0.25, 0.3) is 11.5 Å². The van der Waals surface area contributed by atoms with E-state index in [1.165, 1.54) is 12.8 Å². The SMILES string of the molecule is CN(C)C1(CNC(=O)c2ccc(-c3ccccc3)[nH]c2=O)CCCC1. The molecular formula is C20H25N3O2. The molecule has 1 fully saturated rings. The fraction of sp³-hybridized carbons (Fsp3) is 0.400. The summed E-state index contributed by atoms with van der Waals surface area (Å²) < 4.78 is 0. The number of pyridine rings is 1. The number of carbonyl (C=O) groups excluding carboxylic acids is 1. The third-order valence-electron chi connectivity index (χ3n) is 5.30. The van der Waals surface area contributed by atoms with E-state index >= 15 is 0 Å². The van der Waals surface area contributed by atoms with Gasteiger partial charge < -0.3 is 15.2 Å². The van der Waals surface area contributed by atoms with Gasteiger partial charge >= 0.3 is 0 Å². The van der Waals surface area contributed by atoms with E-state index in [4.69, 9.17) is 0 Å². The molecule has 0 aliphatic heterocycles. The second-order valence-electron chi connectivity index (χ2n) is 6.99. The lowest BCUT2D eigenvalue weighted by atomic mass is 9.96. The fourth-order valence-corrected chi connectivity index (χ4v) is 3.59. The molecule has 132 valence electrons. The predicted molar refractivity (Wildman–Crippen MR) is 99.7 cm³/mol. The zero-order valence-electron chi connectivity index (χ0n) is 14.8. The van der Waals surface area contributed by atoms with Crippen LogP contribution in [0.15, 0.2) is 47.3 Å². The summed E-state index contributed by atoms with van der Waals surface area (Å²) in [6, 6.07) is 13.0. The van der Waals surface area contributed by atoms with Crippen LogP contribution in [0.4, 0.5) is 0 Å². The molecule has 5 nitrogen and oxygen atoms in total. The number of carbonyl (C=O) groups is 1. The molecule has 0 atom stereocenters. The van der Waals surface area contributed by atoms with E-state index in [2.05, 4.69) is 29.3 Å². The molecule has 1 aliphatic rings. The van der Waals surface area contributed by atoms with Gasteiger partial charge in [-0.25, -0.2) is 0 Å². The fourth-order valence-electron chi connectivity index (χ4n) is 3.59. The van der Waals surface area contributed by atoms with Gasteiger partial charge in [-0.3, -0.25) is 9.59 Å². The minimum atomic E-state index is -0.357. The van der Waals surface area contributed by atoms with Crippen molar-refractivity contribution in [3.05, 3.63) is 58.4 Å². The monoisotopic (exact) mass is 339 g/mol. The number of aromatic nitrogens is 1. The van der Waals surface area contributed by atoms with Crippen LogP contribution in [0.25, 0.3) is 11.3 Å². The summed E-state index contributed by atoms with van der Waals surface area (Å²) in [7, 11) is 4.11. The standard InChI is InChI=1S/C20H25N3O2/c1-23(2)20(12-6-7-13-20)14-21-18(24)16-10-11-17(22-19(16)25)15-8-4-3-5-9-15/h3-5,8-11H,6-7,12-14H2,1-2H3,(H,21,24)(H,22,25). The number of hydrogen-bond donors (Lipinski definition) is 2. The van der Waals surface area contributed by atoms with Crippen molar-refractivity contribution < 1.29 is 4.79 Å². The molecule has 1 aromatic heterocycles. The van der Waals surface area contributed by atoms with E-state index in [-0.39, 0.29) is 22.6 Å². The van der Waals surface area contributed by atoms with Crippen molar-refractivity contribution >= 4 is 5.91 Å². The van der Waals surface area contributed by atoms with E-state index in [1.807, 2.05) is 30.3 Å². The van der Waals surface area contributed by atoms with Crippen LogP contribution in [0, 0.1) is 0 Å². The second kappa shape index (κ2) is 7.23. The first kappa shape index (κ1) is 17.4. The van der Waals surface area contributed by atoms with Crippen LogP contribution in [0.2, 0.25) is 0 Å². The first-order chi connectivity index (χ1) is 12.0. The van der Waals surface area contributed by atoms with Gasteiger partial charge in [0.2, 0.25) is 0 Å². The minimum absolute atomic E-state index is 0.00635. The normalized spacial score (nSPS) is 16.1. The van der Waals surface area contributed by atoms with Crippen LogP contribution in [-0.2, 0) is 0 Å². The Labute approximate surface area is 148 Å². The van der Waals surface area contributed by atoms with Crippen LogP contribution < -0.4 is 10.9 Å². The number of likely N-dealkylation sites (N-methyl/N-ethyl adjacent to an activating group) is 1. The van der Waals surface area contributed by atoms with Crippen molar-refractivity contribution in [3.63, 3.8) is 0 Å². The lowest BCUT2D eigenvalue weighted by Gasteiger charge is -2.36. The first-order valence-electron chi connectivity index (χ1n) is 8.76. The maximum absolute atomic E-state index is 12.5. The molecule has 25 heavy (non-hydrogen) atoms. The van der Waals surface area contributed by atoms with Gasteiger partial charge in [0.1, 0.15) is 5.56 Å². The summed E-state index contributed by atoms with van der Waals surface area (Å²) in [6.07, 6.45) is 4.51. The zero-order chi connectivity index (χ0) is 17.9. The van der Waals surface area contributed by atoms with E-state index in [1.54, 1.807) is 12.1 Å². The van der Waals surface area contributed by atoms with Crippen LogP contribution in [-0.4, -0.2) is 42.0 Å². The number of nitrogens with one attached hydrogen (secondary N) is 2. The van der Waals surface area contributed by atoms with E-state index in [9.17, 15) is 9.59 Å². The topological polar surface area (TPSA) is 65.2 Å². The van der Waals surface area contributed by atoms with Gasteiger partial charge in [-0.1, -0.05) is 43.2 Å². The van der Waals surface area contributed by atoms with Crippen molar-refractivity contribution in [2.24, 2.45) is 0 Å². The molecule has 0 spiro atoms. The van der Waals surface area contributed by atoms with Crippen molar-refractivity contribution in [2.75, 3.05) is 20.6 Å². The Hall–Kier alpha value is -2.40. The lowest BCUT2D eigenvalue weighted by molar-refractivity contribution is 0.0898. The van der Waals surface area contributed by atoms with Crippen LogP contribution in [0.3, 0.4) is 0 Å². The predicted octanol–water partition coefficient (Wildman–Crippen LogP) is 2.65. The van der Waals surface area contributed by atoms with Crippen LogP contribution >= 0.6 is 0 Å². The number of nitrogens with zero attached hydrogens (tertiary/aromatic N) is 1. The third kappa shape index (κ3) is 3.66. The maximum atomic E-state index is 12.5. The Morgan fingerprint density at radius 3 is 2.40 bits per heavy atom. The number of benzene rings is 1. The van der Waals surface area contributed by atoms with Gasteiger partial charge in [0, 0.05) is 17.8 Å². The van der Waals surface area contributed by atoms with Gasteiger partial charge in [0.05, 0.1) is 0 Å². The molecule has 0 unspecified atom stereocenters. The van der Waals surface area contributed by atoms with E-state index < -0.39 is 0 Å². The molecule has 0 radical (unpaired) electrons. The molecule has 2 N–H and O–H groups in total. The summed E-state index contributed by atoms with van der Waals surface area (Å²) in [4.78, 5) is 29.8. The van der Waals surface area contributed by atoms with E-state index in [0.29, 0.717) is 12.2 Å². The molecular weight excluding hydrogens is 314 g/mol. The summed E-state index contributed by atoms with van der Waals surface area (Å²) in [6.45, 7) is 0.568. The first-order valence-corrected chi connectivity index (χ1v) is 8.76.